The first kappa shape index (κ1) is 25.8. The highest BCUT2D eigenvalue weighted by atomic mass is 16.5. The fourth-order valence-electron chi connectivity index (χ4n) is 3.61. The van der Waals surface area contributed by atoms with Crippen LogP contribution in [0, 0.1) is 11.8 Å². The molecule has 0 aliphatic carbocycles. The van der Waals surface area contributed by atoms with Crippen molar-refractivity contribution in [3.8, 4) is 0 Å². The Bertz CT molecular complexity index is 1010. The smallest absolute Gasteiger partial charge is 0.244 e. The van der Waals surface area contributed by atoms with E-state index in [0.717, 1.165) is 16.3 Å². The molecular weight excluding hydrogens is 424 g/mol. The molecule has 0 aliphatic heterocycles. The summed E-state index contributed by atoms with van der Waals surface area (Å²) in [5.74, 6) is -3.06. The first-order valence-electron chi connectivity index (χ1n) is 10.9. The number of benzene rings is 2. The molecular formula is C24H32N4O5. The summed E-state index contributed by atoms with van der Waals surface area (Å²) in [5, 5.41) is 16.1. The lowest BCUT2D eigenvalue weighted by atomic mass is 9.92. The first-order valence-corrected chi connectivity index (χ1v) is 10.9. The maximum atomic E-state index is 13.0. The molecule has 33 heavy (non-hydrogen) atoms. The van der Waals surface area contributed by atoms with Crippen molar-refractivity contribution in [3.63, 3.8) is 0 Å². The molecule has 0 fully saturated rings. The van der Waals surface area contributed by atoms with Gasteiger partial charge in [0.05, 0.1) is 0 Å². The minimum Gasteiger partial charge on any atom is -0.368 e. The van der Waals surface area contributed by atoms with Crippen molar-refractivity contribution in [2.45, 2.75) is 52.1 Å². The average molecular weight is 457 g/mol. The van der Waals surface area contributed by atoms with Gasteiger partial charge in [-0.25, -0.2) is 5.48 Å². The van der Waals surface area contributed by atoms with Crippen molar-refractivity contribution in [2.75, 3.05) is 0 Å². The third-order valence-corrected chi connectivity index (χ3v) is 5.36. The zero-order chi connectivity index (χ0) is 24.5. The fraction of sp³-hybridized carbons (Fsp3) is 0.417. The van der Waals surface area contributed by atoms with Gasteiger partial charge in [-0.3, -0.25) is 24.4 Å². The monoisotopic (exact) mass is 456 g/mol. The molecule has 4 amide bonds. The summed E-state index contributed by atoms with van der Waals surface area (Å²) >= 11 is 0. The number of carbonyl (C=O) groups is 4. The Morgan fingerprint density at radius 1 is 0.939 bits per heavy atom. The van der Waals surface area contributed by atoms with Gasteiger partial charge in [-0.15, -0.1) is 0 Å². The van der Waals surface area contributed by atoms with Crippen LogP contribution in [0.4, 0.5) is 0 Å². The van der Waals surface area contributed by atoms with Crippen LogP contribution >= 0.6 is 0 Å². The third-order valence-electron chi connectivity index (χ3n) is 5.36. The highest BCUT2D eigenvalue weighted by Crippen LogP contribution is 2.19. The van der Waals surface area contributed by atoms with E-state index >= 15 is 0 Å². The first-order chi connectivity index (χ1) is 15.6. The fourth-order valence-corrected chi connectivity index (χ4v) is 3.61. The summed E-state index contributed by atoms with van der Waals surface area (Å²) in [7, 11) is 0. The van der Waals surface area contributed by atoms with Gasteiger partial charge in [-0.1, -0.05) is 56.3 Å². The molecule has 3 unspecified atom stereocenters. The zero-order valence-electron chi connectivity index (χ0n) is 19.1. The highest BCUT2D eigenvalue weighted by molar-refractivity contribution is 5.93. The van der Waals surface area contributed by atoms with E-state index in [1.54, 1.807) is 5.48 Å². The molecule has 0 radical (unpaired) electrons. The number of rotatable bonds is 11. The van der Waals surface area contributed by atoms with E-state index in [1.165, 1.54) is 6.92 Å². The topological polar surface area (TPSA) is 151 Å². The van der Waals surface area contributed by atoms with Crippen molar-refractivity contribution < 1.29 is 24.4 Å². The molecule has 0 heterocycles. The van der Waals surface area contributed by atoms with E-state index in [4.69, 9.17) is 10.9 Å². The SMILES string of the molecule is CC(C)CC(CC(=O)NO)C(=O)NC(Cc1ccc2ccccc2c1)C(=O)NC(C)C(N)=O. The van der Waals surface area contributed by atoms with Gasteiger partial charge in [0, 0.05) is 18.8 Å². The van der Waals surface area contributed by atoms with Crippen molar-refractivity contribution in [1.29, 1.82) is 0 Å². The van der Waals surface area contributed by atoms with Gasteiger partial charge in [0.15, 0.2) is 0 Å². The molecule has 0 saturated heterocycles. The Hall–Kier alpha value is -3.46. The molecule has 2 rings (SSSR count). The molecule has 3 atom stereocenters. The van der Waals surface area contributed by atoms with E-state index in [1.807, 2.05) is 56.3 Å². The lowest BCUT2D eigenvalue weighted by Crippen LogP contribution is -2.54. The van der Waals surface area contributed by atoms with E-state index in [-0.39, 0.29) is 18.8 Å². The number of carbonyl (C=O) groups excluding carboxylic acids is 4. The quantitative estimate of drug-likeness (QED) is 0.256. The van der Waals surface area contributed by atoms with Gasteiger partial charge >= 0.3 is 0 Å². The number of primary amides is 1. The summed E-state index contributed by atoms with van der Waals surface area (Å²) in [5.41, 5.74) is 7.62. The van der Waals surface area contributed by atoms with Crippen LogP contribution in [-0.2, 0) is 25.6 Å². The lowest BCUT2D eigenvalue weighted by Gasteiger charge is -2.24. The van der Waals surface area contributed by atoms with Crippen LogP contribution in [0.15, 0.2) is 42.5 Å². The number of nitrogens with two attached hydrogens (primary N) is 1. The molecule has 0 spiro atoms. The van der Waals surface area contributed by atoms with Crippen LogP contribution in [0.1, 0.15) is 39.2 Å². The molecule has 6 N–H and O–H groups in total. The average Bonchev–Trinajstić information content (AvgIpc) is 2.77. The molecule has 0 aliphatic rings. The third kappa shape index (κ3) is 7.87. The molecule has 9 nitrogen and oxygen atoms in total. The molecule has 2 aromatic carbocycles. The maximum absolute atomic E-state index is 13.0. The standard InChI is InChI=1S/C24H32N4O5/c1-14(2)10-19(13-21(29)28-33)23(31)27-20(24(32)26-15(3)22(25)30)12-16-8-9-17-6-4-5-7-18(17)11-16/h4-9,11,14-15,19-20,33H,10,12-13H2,1-3H3,(H2,25,30)(H,26,32)(H,27,31)(H,28,29). The Kier molecular flexibility index (Phi) is 9.35. The minimum atomic E-state index is -0.993. The van der Waals surface area contributed by atoms with Crippen molar-refractivity contribution in [1.82, 2.24) is 16.1 Å². The van der Waals surface area contributed by atoms with Crippen molar-refractivity contribution >= 4 is 34.4 Å². The van der Waals surface area contributed by atoms with Gasteiger partial charge in [-0.05, 0) is 35.6 Å². The largest absolute Gasteiger partial charge is 0.368 e. The number of hydrogen-bond donors (Lipinski definition) is 5. The van der Waals surface area contributed by atoms with Gasteiger partial charge < -0.3 is 16.4 Å². The number of nitrogens with one attached hydrogen (secondary N) is 3. The summed E-state index contributed by atoms with van der Waals surface area (Å²) < 4.78 is 0. The van der Waals surface area contributed by atoms with E-state index in [2.05, 4.69) is 10.6 Å². The predicted octanol–water partition coefficient (Wildman–Crippen LogP) is 1.41. The van der Waals surface area contributed by atoms with Crippen LogP contribution in [0.3, 0.4) is 0 Å². The summed E-state index contributed by atoms with van der Waals surface area (Å²) in [4.78, 5) is 49.1. The second kappa shape index (κ2) is 12.0. The Morgan fingerprint density at radius 3 is 2.21 bits per heavy atom. The number of fused-ring (bicyclic) bond motifs is 1. The zero-order valence-corrected chi connectivity index (χ0v) is 19.1. The number of hydrogen-bond acceptors (Lipinski definition) is 5. The second-order valence-corrected chi connectivity index (χ2v) is 8.65. The molecule has 0 saturated carbocycles. The highest BCUT2D eigenvalue weighted by Gasteiger charge is 2.29. The van der Waals surface area contributed by atoms with Gasteiger partial charge in [0.1, 0.15) is 12.1 Å². The Morgan fingerprint density at radius 2 is 1.61 bits per heavy atom. The number of amides is 4. The van der Waals surface area contributed by atoms with Gasteiger partial charge in [0.25, 0.3) is 0 Å². The summed E-state index contributed by atoms with van der Waals surface area (Å²) in [6, 6.07) is 11.6. The molecule has 178 valence electrons. The van der Waals surface area contributed by atoms with Crippen molar-refractivity contribution in [3.05, 3.63) is 48.0 Å². The second-order valence-electron chi connectivity index (χ2n) is 8.65. The summed E-state index contributed by atoms with van der Waals surface area (Å²) in [6.07, 6.45) is 0.345. The van der Waals surface area contributed by atoms with Crippen LogP contribution in [0.5, 0.6) is 0 Å². The van der Waals surface area contributed by atoms with Gasteiger partial charge in [0.2, 0.25) is 23.6 Å². The molecule has 2 aromatic rings. The predicted molar refractivity (Wildman–Crippen MR) is 124 cm³/mol. The van der Waals surface area contributed by atoms with Crippen molar-refractivity contribution in [2.24, 2.45) is 17.6 Å². The Balaban J connectivity index is 2.27. The van der Waals surface area contributed by atoms with E-state index in [9.17, 15) is 19.2 Å². The van der Waals surface area contributed by atoms with Crippen LogP contribution in [-0.4, -0.2) is 40.9 Å². The number of hydroxylamine groups is 1. The van der Waals surface area contributed by atoms with E-state index in [0.29, 0.717) is 6.42 Å². The van der Waals surface area contributed by atoms with Gasteiger partial charge in [-0.2, -0.15) is 0 Å². The van der Waals surface area contributed by atoms with Crippen LogP contribution < -0.4 is 21.8 Å². The van der Waals surface area contributed by atoms with Crippen LogP contribution in [0.2, 0.25) is 0 Å². The maximum Gasteiger partial charge on any atom is 0.244 e. The molecule has 0 bridgehead atoms. The molecule has 0 aromatic heterocycles. The Labute approximate surface area is 193 Å². The minimum absolute atomic E-state index is 0.106. The normalized spacial score (nSPS) is 13.7. The molecule has 9 heteroatoms. The van der Waals surface area contributed by atoms with Crippen LogP contribution in [0.25, 0.3) is 10.8 Å². The lowest BCUT2D eigenvalue weighted by molar-refractivity contribution is -0.136. The summed E-state index contributed by atoms with van der Waals surface area (Å²) in [6.45, 7) is 5.28. The van der Waals surface area contributed by atoms with E-state index < -0.39 is 41.6 Å².